The highest BCUT2D eigenvalue weighted by atomic mass is 16.5. The van der Waals surface area contributed by atoms with E-state index >= 15 is 0 Å². The minimum Gasteiger partial charge on any atom is -0.458 e. The Labute approximate surface area is 138 Å². The van der Waals surface area contributed by atoms with Crippen LogP contribution in [0.1, 0.15) is 50.4 Å². The first kappa shape index (κ1) is 17.7. The van der Waals surface area contributed by atoms with Gasteiger partial charge in [-0.25, -0.2) is 4.79 Å². The average Bonchev–Trinajstić information content (AvgIpc) is 2.81. The van der Waals surface area contributed by atoms with Crippen LogP contribution in [0.15, 0.2) is 30.3 Å². The summed E-state index contributed by atoms with van der Waals surface area (Å²) in [6.07, 6.45) is 2.71. The van der Waals surface area contributed by atoms with Gasteiger partial charge in [-0.05, 0) is 19.1 Å². The van der Waals surface area contributed by atoms with Gasteiger partial charge in [-0.3, -0.25) is 4.79 Å². The van der Waals surface area contributed by atoms with Gasteiger partial charge in [-0.1, -0.05) is 32.0 Å². The number of carbonyl (C=O) groups excluding carboxylic acids is 2. The van der Waals surface area contributed by atoms with Crippen LogP contribution >= 0.6 is 0 Å². The van der Waals surface area contributed by atoms with E-state index in [1.165, 1.54) is 4.90 Å². The number of Topliss-reactive ketones (excluding diaryl/α,β-unsaturated/α-hetero) is 1. The molecule has 2 fully saturated rings. The van der Waals surface area contributed by atoms with E-state index in [2.05, 4.69) is 7.05 Å². The molecule has 1 aromatic rings. The molecule has 2 saturated heterocycles. The summed E-state index contributed by atoms with van der Waals surface area (Å²) in [5, 5.41) is 0. The van der Waals surface area contributed by atoms with E-state index in [4.69, 9.17) is 4.74 Å². The molecule has 1 N–H and O–H groups in total. The molecule has 0 spiro atoms. The van der Waals surface area contributed by atoms with Gasteiger partial charge in [0.15, 0.2) is 0 Å². The molecule has 1 aromatic carbocycles. The Kier molecular flexibility index (Phi) is 5.94. The van der Waals surface area contributed by atoms with Crippen LogP contribution in [0.25, 0.3) is 0 Å². The third-order valence-corrected chi connectivity index (χ3v) is 5.14. The molecule has 5 atom stereocenters. The number of ether oxygens (including phenoxy) is 1. The van der Waals surface area contributed by atoms with Gasteiger partial charge in [0.05, 0.1) is 18.7 Å². The molecular weight excluding hydrogens is 292 g/mol. The second-order valence-electron chi connectivity index (χ2n) is 6.31. The van der Waals surface area contributed by atoms with Crippen molar-refractivity contribution in [1.29, 1.82) is 0 Å². The van der Waals surface area contributed by atoms with Crippen LogP contribution < -0.4 is 4.90 Å². The van der Waals surface area contributed by atoms with Crippen molar-refractivity contribution in [3.63, 3.8) is 0 Å². The lowest BCUT2D eigenvalue weighted by Gasteiger charge is -2.38. The zero-order valence-electron chi connectivity index (χ0n) is 14.5. The van der Waals surface area contributed by atoms with Crippen LogP contribution in [0.4, 0.5) is 0 Å². The topological polar surface area (TPSA) is 47.8 Å². The standard InChI is InChI=1S/C17H21NO3.C2H6/c1-11(19)16-14-9-8-13(18(14)2)10-15(16)21-17(20)12-6-4-3-5-7-12;1-2/h3-7,13-16H,8-10H2,1-2H3;1-2H3/p+1/t13?,14?,15-,16+;/m0./s1/i;1+2. The molecule has 2 aliphatic rings. The average molecular weight is 320 g/mol. The highest BCUT2D eigenvalue weighted by Crippen LogP contribution is 2.31. The van der Waals surface area contributed by atoms with Gasteiger partial charge in [0.1, 0.15) is 23.8 Å². The number of esters is 1. The number of hydrogen-bond donors (Lipinski definition) is 1. The predicted molar refractivity (Wildman–Crippen MR) is 89.5 cm³/mol. The second-order valence-corrected chi connectivity index (χ2v) is 6.31. The van der Waals surface area contributed by atoms with Crippen molar-refractivity contribution in [1.82, 2.24) is 0 Å². The molecule has 126 valence electrons. The summed E-state index contributed by atoms with van der Waals surface area (Å²) < 4.78 is 5.71. The van der Waals surface area contributed by atoms with E-state index in [1.54, 1.807) is 19.1 Å². The van der Waals surface area contributed by atoms with E-state index in [9.17, 15) is 9.59 Å². The number of quaternary nitrogens is 1. The number of carbonyl (C=O) groups is 2. The summed E-state index contributed by atoms with van der Waals surface area (Å²) in [6.45, 7) is 5.62. The van der Waals surface area contributed by atoms with Crippen LogP contribution in [0.5, 0.6) is 0 Å². The molecule has 4 nitrogen and oxygen atoms in total. The first-order valence-corrected chi connectivity index (χ1v) is 8.67. The minimum absolute atomic E-state index is 0.144. The molecule has 2 aliphatic heterocycles. The molecule has 0 saturated carbocycles. The number of rotatable bonds is 3. The van der Waals surface area contributed by atoms with Crippen molar-refractivity contribution < 1.29 is 19.2 Å². The van der Waals surface area contributed by atoms with Gasteiger partial charge >= 0.3 is 5.97 Å². The number of piperidine rings is 1. The quantitative estimate of drug-likeness (QED) is 0.865. The van der Waals surface area contributed by atoms with Crippen LogP contribution in [-0.4, -0.2) is 37.0 Å². The minimum atomic E-state index is -0.314. The lowest BCUT2D eigenvalue weighted by molar-refractivity contribution is -0.926. The summed E-state index contributed by atoms with van der Waals surface area (Å²) >= 11 is 0. The third kappa shape index (κ3) is 3.63. The molecule has 0 radical (unpaired) electrons. The summed E-state index contributed by atoms with van der Waals surface area (Å²) in [4.78, 5) is 25.7. The van der Waals surface area contributed by atoms with Gasteiger partial charge in [0.2, 0.25) is 0 Å². The van der Waals surface area contributed by atoms with Crippen molar-refractivity contribution in [3.05, 3.63) is 35.9 Å². The Morgan fingerprint density at radius 2 is 1.83 bits per heavy atom. The normalized spacial score (nSPS) is 31.7. The van der Waals surface area contributed by atoms with E-state index in [1.807, 2.05) is 32.0 Å². The summed E-state index contributed by atoms with van der Waals surface area (Å²) in [5.74, 6) is -0.326. The molecule has 0 amide bonds. The number of ketones is 1. The number of fused-ring (bicyclic) bond motifs is 2. The van der Waals surface area contributed by atoms with Crippen molar-refractivity contribution in [2.45, 2.75) is 58.2 Å². The van der Waals surface area contributed by atoms with Gasteiger partial charge in [-0.15, -0.1) is 0 Å². The highest BCUT2D eigenvalue weighted by molar-refractivity contribution is 5.90. The maximum atomic E-state index is 12.3. The van der Waals surface area contributed by atoms with Crippen molar-refractivity contribution in [3.8, 4) is 0 Å². The Hall–Kier alpha value is -1.68. The Morgan fingerprint density at radius 1 is 1.17 bits per heavy atom. The fourth-order valence-corrected chi connectivity index (χ4v) is 4.04. The highest BCUT2D eigenvalue weighted by Gasteiger charge is 2.52. The maximum Gasteiger partial charge on any atom is 0.338 e. The SMILES string of the molecule is CC(=O)[C@@H]1C2CCC(C[C@@H]1OC(=O)c1ccccc1)[NH+]2C.C[14CH3]. The lowest BCUT2D eigenvalue weighted by Crippen LogP contribution is -3.16. The number of hydrogen-bond acceptors (Lipinski definition) is 3. The zero-order valence-corrected chi connectivity index (χ0v) is 14.5. The summed E-state index contributed by atoms with van der Waals surface area (Å²) in [5.41, 5.74) is 0.554. The molecule has 3 unspecified atom stereocenters. The van der Waals surface area contributed by atoms with Crippen molar-refractivity contribution in [2.24, 2.45) is 5.92 Å². The van der Waals surface area contributed by atoms with E-state index in [-0.39, 0.29) is 23.8 Å². The van der Waals surface area contributed by atoms with Gasteiger partial charge in [-0.2, -0.15) is 0 Å². The Morgan fingerprint density at radius 3 is 2.43 bits per heavy atom. The largest absolute Gasteiger partial charge is 0.458 e. The first-order chi connectivity index (χ1) is 11.1. The van der Waals surface area contributed by atoms with E-state index in [0.717, 1.165) is 19.3 Å². The molecular formula is C19H28NO3+. The zero-order chi connectivity index (χ0) is 17.0. The van der Waals surface area contributed by atoms with E-state index in [0.29, 0.717) is 17.6 Å². The molecule has 2 heterocycles. The molecule has 4 heteroatoms. The van der Waals surface area contributed by atoms with Crippen molar-refractivity contribution >= 4 is 11.8 Å². The molecule has 3 rings (SSSR count). The third-order valence-electron chi connectivity index (χ3n) is 5.14. The van der Waals surface area contributed by atoms with Gasteiger partial charge in [0, 0.05) is 19.3 Å². The van der Waals surface area contributed by atoms with Crippen LogP contribution in [0, 0.1) is 5.92 Å². The second kappa shape index (κ2) is 7.73. The fraction of sp³-hybridized carbons (Fsp3) is 0.579. The fourth-order valence-electron chi connectivity index (χ4n) is 4.04. The number of nitrogens with one attached hydrogen (secondary N) is 1. The monoisotopic (exact) mass is 320 g/mol. The molecule has 2 bridgehead atoms. The molecule has 0 aromatic heterocycles. The Bertz CT molecular complexity index is 543. The maximum absolute atomic E-state index is 12.3. The van der Waals surface area contributed by atoms with Gasteiger partial charge < -0.3 is 9.64 Å². The smallest absolute Gasteiger partial charge is 0.338 e. The van der Waals surface area contributed by atoms with Crippen LogP contribution in [0.2, 0.25) is 0 Å². The number of benzene rings is 1. The Balaban J connectivity index is 0.000000924. The summed E-state index contributed by atoms with van der Waals surface area (Å²) in [7, 11) is 2.16. The van der Waals surface area contributed by atoms with Crippen molar-refractivity contribution in [2.75, 3.05) is 7.05 Å². The lowest BCUT2D eigenvalue weighted by atomic mass is 9.85. The van der Waals surface area contributed by atoms with E-state index < -0.39 is 0 Å². The summed E-state index contributed by atoms with van der Waals surface area (Å²) in [6, 6.07) is 9.83. The van der Waals surface area contributed by atoms with Crippen LogP contribution in [-0.2, 0) is 9.53 Å². The molecule has 23 heavy (non-hydrogen) atoms. The molecule has 0 aliphatic carbocycles. The first-order valence-electron chi connectivity index (χ1n) is 8.67. The predicted octanol–water partition coefficient (Wildman–Crippen LogP) is 1.89. The van der Waals surface area contributed by atoms with Gasteiger partial charge in [0.25, 0.3) is 0 Å². The van der Waals surface area contributed by atoms with Crippen LogP contribution in [0.3, 0.4) is 0 Å².